The Morgan fingerprint density at radius 1 is 1.61 bits per heavy atom. The minimum absolute atomic E-state index is 0.0495. The Morgan fingerprint density at radius 3 is 2.78 bits per heavy atom. The van der Waals surface area contributed by atoms with Gasteiger partial charge in [-0.1, -0.05) is 16.6 Å². The lowest BCUT2D eigenvalue weighted by Crippen LogP contribution is -2.47. The third-order valence-corrected chi connectivity index (χ3v) is 4.11. The van der Waals surface area contributed by atoms with E-state index in [9.17, 15) is 4.79 Å². The highest BCUT2D eigenvalue weighted by Gasteiger charge is 2.36. The molecule has 0 bridgehead atoms. The van der Waals surface area contributed by atoms with Crippen LogP contribution in [0.5, 0.6) is 0 Å². The highest BCUT2D eigenvalue weighted by Crippen LogP contribution is 2.31. The molecule has 2 rings (SSSR count). The average molecular weight is 269 g/mol. The van der Waals surface area contributed by atoms with E-state index in [0.29, 0.717) is 30.8 Å². The molecule has 8 heteroatoms. The Hall–Kier alpha value is -1.70. The standard InChI is InChI=1S/C10H15N5O2S/c1-10(9(11)13-17)2-4-15(5-3-10)8(16)7-6-12-14-18-7/h6,17H,2-5H2,1H3,(H2,11,13). The van der Waals surface area contributed by atoms with Crippen molar-refractivity contribution in [2.75, 3.05) is 13.1 Å². The number of carbonyl (C=O) groups is 1. The number of hydrogen-bond acceptors (Lipinski definition) is 6. The fourth-order valence-electron chi connectivity index (χ4n) is 2.00. The zero-order valence-electron chi connectivity index (χ0n) is 10.0. The number of likely N-dealkylation sites (tertiary alicyclic amines) is 1. The molecular formula is C10H15N5O2S. The van der Waals surface area contributed by atoms with E-state index in [0.717, 1.165) is 11.5 Å². The van der Waals surface area contributed by atoms with Crippen molar-refractivity contribution in [1.82, 2.24) is 14.5 Å². The number of aromatic nitrogens is 2. The molecule has 1 aromatic rings. The molecule has 0 aromatic carbocycles. The lowest BCUT2D eigenvalue weighted by Gasteiger charge is -2.38. The number of rotatable bonds is 2. The maximum absolute atomic E-state index is 12.1. The number of piperidine rings is 1. The Balaban J connectivity index is 2.01. The summed E-state index contributed by atoms with van der Waals surface area (Å²) in [6.45, 7) is 3.12. The molecule has 0 atom stereocenters. The monoisotopic (exact) mass is 269 g/mol. The van der Waals surface area contributed by atoms with Crippen molar-refractivity contribution in [2.24, 2.45) is 16.3 Å². The van der Waals surface area contributed by atoms with Gasteiger partial charge in [-0.2, -0.15) is 0 Å². The summed E-state index contributed by atoms with van der Waals surface area (Å²) in [5.41, 5.74) is 5.34. The fourth-order valence-corrected chi connectivity index (χ4v) is 2.48. The molecule has 3 N–H and O–H groups in total. The summed E-state index contributed by atoms with van der Waals surface area (Å²) >= 11 is 1.09. The van der Waals surface area contributed by atoms with Gasteiger partial charge in [-0.25, -0.2) is 0 Å². The van der Waals surface area contributed by atoms with Crippen LogP contribution in [0.3, 0.4) is 0 Å². The van der Waals surface area contributed by atoms with Crippen molar-refractivity contribution < 1.29 is 10.0 Å². The van der Waals surface area contributed by atoms with E-state index < -0.39 is 0 Å². The molecule has 1 aliphatic heterocycles. The smallest absolute Gasteiger partial charge is 0.267 e. The quantitative estimate of drug-likeness (QED) is 0.352. The number of nitrogens with zero attached hydrogens (tertiary/aromatic N) is 4. The minimum atomic E-state index is -0.336. The molecule has 0 unspecified atom stereocenters. The Morgan fingerprint density at radius 2 is 2.28 bits per heavy atom. The summed E-state index contributed by atoms with van der Waals surface area (Å²) in [4.78, 5) is 14.4. The van der Waals surface area contributed by atoms with Gasteiger partial charge in [0.1, 0.15) is 10.7 Å². The first-order valence-electron chi connectivity index (χ1n) is 5.61. The summed E-state index contributed by atoms with van der Waals surface area (Å²) in [7, 11) is 0. The topological polar surface area (TPSA) is 105 Å². The van der Waals surface area contributed by atoms with Crippen LogP contribution in [0, 0.1) is 5.41 Å². The summed E-state index contributed by atoms with van der Waals surface area (Å²) in [5, 5.41) is 15.5. The van der Waals surface area contributed by atoms with Gasteiger partial charge in [-0.3, -0.25) is 4.79 Å². The molecule has 0 radical (unpaired) electrons. The van der Waals surface area contributed by atoms with E-state index in [1.807, 2.05) is 6.92 Å². The van der Waals surface area contributed by atoms with E-state index in [1.165, 1.54) is 6.20 Å². The van der Waals surface area contributed by atoms with Gasteiger partial charge in [-0.05, 0) is 24.4 Å². The second kappa shape index (κ2) is 4.89. The van der Waals surface area contributed by atoms with Crippen molar-refractivity contribution in [3.8, 4) is 0 Å². The van der Waals surface area contributed by atoms with Crippen molar-refractivity contribution in [1.29, 1.82) is 0 Å². The summed E-state index contributed by atoms with van der Waals surface area (Å²) in [6, 6.07) is 0. The van der Waals surface area contributed by atoms with E-state index >= 15 is 0 Å². The van der Waals surface area contributed by atoms with Crippen LogP contribution in [0.15, 0.2) is 11.4 Å². The second-order valence-electron chi connectivity index (χ2n) is 4.62. The third kappa shape index (κ3) is 2.28. The van der Waals surface area contributed by atoms with Crippen molar-refractivity contribution in [3.63, 3.8) is 0 Å². The van der Waals surface area contributed by atoms with Gasteiger partial charge in [0.25, 0.3) is 5.91 Å². The minimum Gasteiger partial charge on any atom is -0.409 e. The van der Waals surface area contributed by atoms with Crippen LogP contribution in [-0.4, -0.2) is 44.5 Å². The van der Waals surface area contributed by atoms with Crippen LogP contribution in [0.4, 0.5) is 0 Å². The van der Waals surface area contributed by atoms with E-state index in [2.05, 4.69) is 14.7 Å². The first kappa shape index (κ1) is 12.7. The van der Waals surface area contributed by atoms with Gasteiger partial charge in [-0.15, -0.1) is 5.10 Å². The van der Waals surface area contributed by atoms with Gasteiger partial charge >= 0.3 is 0 Å². The van der Waals surface area contributed by atoms with Crippen LogP contribution in [-0.2, 0) is 0 Å². The number of nitrogens with two attached hydrogens (primary N) is 1. The van der Waals surface area contributed by atoms with Gasteiger partial charge in [0.2, 0.25) is 0 Å². The van der Waals surface area contributed by atoms with Crippen molar-refractivity contribution >= 4 is 23.3 Å². The molecule has 0 aliphatic carbocycles. The van der Waals surface area contributed by atoms with Crippen LogP contribution in [0.25, 0.3) is 0 Å². The molecule has 98 valence electrons. The molecule has 1 aromatic heterocycles. The maximum atomic E-state index is 12.1. The summed E-state index contributed by atoms with van der Waals surface area (Å²) in [6.07, 6.45) is 2.84. The van der Waals surface area contributed by atoms with E-state index in [1.54, 1.807) is 4.90 Å². The van der Waals surface area contributed by atoms with E-state index in [-0.39, 0.29) is 17.2 Å². The zero-order valence-corrected chi connectivity index (χ0v) is 10.9. The average Bonchev–Trinajstić information content (AvgIpc) is 2.91. The summed E-state index contributed by atoms with van der Waals surface area (Å²) in [5.74, 6) is 0.181. The highest BCUT2D eigenvalue weighted by atomic mass is 32.1. The van der Waals surface area contributed by atoms with Crippen molar-refractivity contribution in [3.05, 3.63) is 11.1 Å². The summed E-state index contributed by atoms with van der Waals surface area (Å²) < 4.78 is 3.68. The van der Waals surface area contributed by atoms with E-state index in [4.69, 9.17) is 10.9 Å². The molecule has 2 heterocycles. The number of hydrogen-bond donors (Lipinski definition) is 2. The number of amides is 1. The first-order valence-corrected chi connectivity index (χ1v) is 6.39. The van der Waals surface area contributed by atoms with Gasteiger partial charge in [0, 0.05) is 18.5 Å². The SMILES string of the molecule is CC1(C(N)=NO)CCN(C(=O)c2cnns2)CC1. The Labute approximate surface area is 108 Å². The molecule has 1 amide bonds. The first-order chi connectivity index (χ1) is 8.57. The number of carbonyl (C=O) groups excluding carboxylic acids is 1. The van der Waals surface area contributed by atoms with Gasteiger partial charge in [0.05, 0.1) is 6.20 Å². The Kier molecular flexibility index (Phi) is 3.46. The normalized spacial score (nSPS) is 19.8. The fraction of sp³-hybridized carbons (Fsp3) is 0.600. The molecule has 0 saturated carbocycles. The van der Waals surface area contributed by atoms with Gasteiger partial charge in [0.15, 0.2) is 0 Å². The maximum Gasteiger partial charge on any atom is 0.267 e. The second-order valence-corrected chi connectivity index (χ2v) is 5.41. The predicted molar refractivity (Wildman–Crippen MR) is 66.6 cm³/mol. The van der Waals surface area contributed by atoms with Gasteiger partial charge < -0.3 is 15.8 Å². The molecule has 7 nitrogen and oxygen atoms in total. The van der Waals surface area contributed by atoms with Crippen LogP contribution >= 0.6 is 11.5 Å². The Bertz CT molecular complexity index is 451. The van der Waals surface area contributed by atoms with Crippen molar-refractivity contribution in [2.45, 2.75) is 19.8 Å². The molecule has 18 heavy (non-hydrogen) atoms. The molecule has 1 saturated heterocycles. The van der Waals surface area contributed by atoms with Crippen LogP contribution < -0.4 is 5.73 Å². The largest absolute Gasteiger partial charge is 0.409 e. The van der Waals surface area contributed by atoms with Crippen LogP contribution in [0.1, 0.15) is 29.4 Å². The molecule has 0 spiro atoms. The van der Waals surface area contributed by atoms with Crippen LogP contribution in [0.2, 0.25) is 0 Å². The lowest BCUT2D eigenvalue weighted by atomic mass is 9.79. The number of oxime groups is 1. The number of amidine groups is 1. The third-order valence-electron chi connectivity index (χ3n) is 3.45. The molecule has 1 aliphatic rings. The zero-order chi connectivity index (χ0) is 13.2. The lowest BCUT2D eigenvalue weighted by molar-refractivity contribution is 0.0671. The highest BCUT2D eigenvalue weighted by molar-refractivity contribution is 7.07. The molecule has 1 fully saturated rings. The predicted octanol–water partition coefficient (Wildman–Crippen LogP) is 0.527. The molecular weight excluding hydrogens is 254 g/mol.